The van der Waals surface area contributed by atoms with Crippen LogP contribution in [0, 0.1) is 0 Å². The molecule has 5 heteroatoms. The Morgan fingerprint density at radius 3 is 2.07 bits per heavy atom. The molecule has 0 saturated heterocycles. The van der Waals surface area contributed by atoms with Crippen LogP contribution in [0.5, 0.6) is 0 Å². The number of nitrogens with zero attached hydrogens (tertiary/aromatic N) is 1. The van der Waals surface area contributed by atoms with Gasteiger partial charge >= 0.3 is 5.97 Å². The summed E-state index contributed by atoms with van der Waals surface area (Å²) in [7, 11) is 0. The molecule has 0 rings (SSSR count). The highest BCUT2D eigenvalue weighted by Gasteiger charge is 2.12. The van der Waals surface area contributed by atoms with Gasteiger partial charge in [-0.15, -0.1) is 12.4 Å². The van der Waals surface area contributed by atoms with E-state index in [2.05, 4.69) is 6.58 Å². The quantitative estimate of drug-likeness (QED) is 0.570. The number of likely N-dealkylation sites (N-methyl/N-ethyl adjacent to an activating group) is 1. The van der Waals surface area contributed by atoms with Crippen molar-refractivity contribution in [1.82, 2.24) is 11.1 Å². The van der Waals surface area contributed by atoms with E-state index in [-0.39, 0.29) is 24.5 Å². The Hall–Kier alpha value is -0.740. The second kappa shape index (κ2) is 11.3. The highest BCUT2D eigenvalue weighted by atomic mass is 35.5. The van der Waals surface area contributed by atoms with E-state index < -0.39 is 0 Å². The summed E-state index contributed by atoms with van der Waals surface area (Å²) >= 11 is 0. The SMILES string of the molecule is C=C(C(=O)OCCC)N(CC)CC.Cl.N. The lowest BCUT2D eigenvalue weighted by atomic mass is 10.4. The first-order valence-electron chi connectivity index (χ1n) is 4.78. The van der Waals surface area contributed by atoms with Crippen LogP contribution >= 0.6 is 12.4 Å². The van der Waals surface area contributed by atoms with Crippen LogP contribution in [0.3, 0.4) is 0 Å². The first-order valence-corrected chi connectivity index (χ1v) is 4.78. The van der Waals surface area contributed by atoms with Gasteiger partial charge in [0.05, 0.1) is 6.61 Å². The van der Waals surface area contributed by atoms with Crippen LogP contribution in [-0.2, 0) is 9.53 Å². The number of hydrogen-bond acceptors (Lipinski definition) is 4. The summed E-state index contributed by atoms with van der Waals surface area (Å²) in [5, 5.41) is 0. The van der Waals surface area contributed by atoms with Crippen LogP contribution in [0.2, 0.25) is 0 Å². The summed E-state index contributed by atoms with van der Waals surface area (Å²) in [6, 6.07) is 0. The van der Waals surface area contributed by atoms with Gasteiger partial charge in [-0.25, -0.2) is 4.79 Å². The molecule has 0 radical (unpaired) electrons. The average molecular weight is 239 g/mol. The maximum Gasteiger partial charge on any atom is 0.353 e. The van der Waals surface area contributed by atoms with Crippen LogP contribution in [0.25, 0.3) is 0 Å². The molecule has 0 aliphatic rings. The van der Waals surface area contributed by atoms with Gasteiger partial charge in [-0.2, -0.15) is 0 Å². The zero-order valence-corrected chi connectivity index (χ0v) is 10.7. The molecule has 0 amide bonds. The van der Waals surface area contributed by atoms with Crippen LogP contribution < -0.4 is 6.15 Å². The fourth-order valence-electron chi connectivity index (χ4n) is 1.01. The molecular weight excluding hydrogens is 216 g/mol. The minimum atomic E-state index is -0.300. The van der Waals surface area contributed by atoms with Crippen LogP contribution in [-0.4, -0.2) is 30.6 Å². The van der Waals surface area contributed by atoms with Gasteiger partial charge in [-0.1, -0.05) is 13.5 Å². The third kappa shape index (κ3) is 7.22. The lowest BCUT2D eigenvalue weighted by molar-refractivity contribution is -0.140. The molecule has 15 heavy (non-hydrogen) atoms. The predicted molar refractivity (Wildman–Crippen MR) is 65.6 cm³/mol. The number of carbonyl (C=O) groups excluding carboxylic acids is 1. The van der Waals surface area contributed by atoms with Crippen molar-refractivity contribution < 1.29 is 9.53 Å². The van der Waals surface area contributed by atoms with Gasteiger partial charge in [0.2, 0.25) is 0 Å². The van der Waals surface area contributed by atoms with Gasteiger partial charge in [0.15, 0.2) is 0 Å². The standard InChI is InChI=1S/C10H19NO2.ClH.H3N/c1-5-8-13-10(12)9(4)11(6-2)7-3;;/h4-8H2,1-3H3;1H;1H3. The molecule has 4 nitrogen and oxygen atoms in total. The second-order valence-corrected chi connectivity index (χ2v) is 2.75. The third-order valence-electron chi connectivity index (χ3n) is 1.82. The molecule has 0 fully saturated rings. The zero-order chi connectivity index (χ0) is 10.3. The molecule has 0 saturated carbocycles. The van der Waals surface area contributed by atoms with Crippen molar-refractivity contribution in [3.05, 3.63) is 12.3 Å². The number of rotatable bonds is 6. The normalized spacial score (nSPS) is 8.20. The van der Waals surface area contributed by atoms with Gasteiger partial charge in [-0.05, 0) is 20.3 Å². The summed E-state index contributed by atoms with van der Waals surface area (Å²) in [6.45, 7) is 11.7. The van der Waals surface area contributed by atoms with Gasteiger partial charge in [0.1, 0.15) is 5.70 Å². The van der Waals surface area contributed by atoms with Gasteiger partial charge in [-0.3, -0.25) is 0 Å². The topological polar surface area (TPSA) is 64.5 Å². The van der Waals surface area contributed by atoms with E-state index in [4.69, 9.17) is 4.74 Å². The summed E-state index contributed by atoms with van der Waals surface area (Å²) < 4.78 is 4.96. The number of ether oxygens (including phenoxy) is 1. The lowest BCUT2D eigenvalue weighted by Crippen LogP contribution is -2.27. The van der Waals surface area contributed by atoms with Crippen LogP contribution in [0.4, 0.5) is 0 Å². The molecule has 0 atom stereocenters. The Bertz CT molecular complexity index is 182. The minimum Gasteiger partial charge on any atom is -0.461 e. The molecule has 0 aromatic carbocycles. The van der Waals surface area contributed by atoms with E-state index in [9.17, 15) is 4.79 Å². The molecule has 0 bridgehead atoms. The fraction of sp³-hybridized carbons (Fsp3) is 0.700. The van der Waals surface area contributed by atoms with Crippen LogP contribution in [0.15, 0.2) is 12.3 Å². The maximum atomic E-state index is 11.3. The first kappa shape index (κ1) is 19.8. The van der Waals surface area contributed by atoms with Crippen molar-refractivity contribution in [1.29, 1.82) is 0 Å². The van der Waals surface area contributed by atoms with Crippen molar-refractivity contribution in [2.24, 2.45) is 0 Å². The molecular formula is C10H23ClN2O2. The number of carbonyl (C=O) groups is 1. The second-order valence-electron chi connectivity index (χ2n) is 2.75. The zero-order valence-electron chi connectivity index (χ0n) is 9.91. The lowest BCUT2D eigenvalue weighted by Gasteiger charge is -2.21. The van der Waals surface area contributed by atoms with E-state index >= 15 is 0 Å². The van der Waals surface area contributed by atoms with E-state index in [1.165, 1.54) is 0 Å². The minimum absolute atomic E-state index is 0. The molecule has 0 aliphatic heterocycles. The summed E-state index contributed by atoms with van der Waals surface area (Å²) in [5.74, 6) is -0.300. The van der Waals surface area contributed by atoms with Crippen molar-refractivity contribution in [3.63, 3.8) is 0 Å². The summed E-state index contributed by atoms with van der Waals surface area (Å²) in [6.07, 6.45) is 0.845. The van der Waals surface area contributed by atoms with Crippen molar-refractivity contribution >= 4 is 18.4 Å². The van der Waals surface area contributed by atoms with E-state index in [1.54, 1.807) is 0 Å². The largest absolute Gasteiger partial charge is 0.461 e. The van der Waals surface area contributed by atoms with Gasteiger partial charge in [0, 0.05) is 13.1 Å². The molecule has 0 heterocycles. The molecule has 92 valence electrons. The van der Waals surface area contributed by atoms with Crippen molar-refractivity contribution in [2.75, 3.05) is 19.7 Å². The fourth-order valence-corrected chi connectivity index (χ4v) is 1.01. The molecule has 0 aliphatic carbocycles. The van der Waals surface area contributed by atoms with Gasteiger partial charge in [0.25, 0.3) is 0 Å². The Labute approximate surface area is 98.7 Å². The average Bonchev–Trinajstić information content (AvgIpc) is 2.15. The number of halogens is 1. The third-order valence-corrected chi connectivity index (χ3v) is 1.82. The number of esters is 1. The molecule has 0 unspecified atom stereocenters. The Kier molecular flexibility index (Phi) is 14.9. The monoisotopic (exact) mass is 238 g/mol. The highest BCUT2D eigenvalue weighted by Crippen LogP contribution is 2.03. The molecule has 3 N–H and O–H groups in total. The van der Waals surface area contributed by atoms with Crippen molar-refractivity contribution in [3.8, 4) is 0 Å². The smallest absolute Gasteiger partial charge is 0.353 e. The summed E-state index contributed by atoms with van der Waals surface area (Å²) in [4.78, 5) is 13.2. The highest BCUT2D eigenvalue weighted by molar-refractivity contribution is 5.87. The molecule has 0 aromatic rings. The maximum absolute atomic E-state index is 11.3. The molecule has 0 aromatic heterocycles. The van der Waals surface area contributed by atoms with Crippen molar-refractivity contribution in [2.45, 2.75) is 27.2 Å². The van der Waals surface area contributed by atoms with Crippen LogP contribution in [0.1, 0.15) is 27.2 Å². The van der Waals surface area contributed by atoms with E-state index in [0.717, 1.165) is 19.5 Å². The molecule has 0 spiro atoms. The first-order chi connectivity index (χ1) is 6.17. The Balaban J connectivity index is -0.000000720. The van der Waals surface area contributed by atoms with E-state index in [1.807, 2.05) is 25.7 Å². The Morgan fingerprint density at radius 2 is 1.73 bits per heavy atom. The van der Waals surface area contributed by atoms with E-state index in [0.29, 0.717) is 12.3 Å². The Morgan fingerprint density at radius 1 is 1.27 bits per heavy atom. The summed E-state index contributed by atoms with van der Waals surface area (Å²) in [5.41, 5.74) is 0.457. The number of hydrogen-bond donors (Lipinski definition) is 1. The predicted octanol–water partition coefficient (Wildman–Crippen LogP) is 2.38. The van der Waals surface area contributed by atoms with Gasteiger partial charge < -0.3 is 15.8 Å².